The van der Waals surface area contributed by atoms with Gasteiger partial charge in [-0.1, -0.05) is 72.8 Å². The molecule has 5 heteroatoms. The van der Waals surface area contributed by atoms with Crippen LogP contribution < -0.4 is 14.9 Å². The maximum atomic E-state index is 12.4. The normalized spacial score (nSPS) is 16.3. The lowest BCUT2D eigenvalue weighted by molar-refractivity contribution is -0.130. The highest BCUT2D eigenvalue weighted by Gasteiger charge is 2.27. The topological polar surface area (TPSA) is 59.9 Å². The summed E-state index contributed by atoms with van der Waals surface area (Å²) < 4.78 is 11.6. The monoisotopic (exact) mass is 398 g/mol. The van der Waals surface area contributed by atoms with Gasteiger partial charge >= 0.3 is 0 Å². The van der Waals surface area contributed by atoms with Crippen LogP contribution in [0.4, 0.5) is 0 Å². The van der Waals surface area contributed by atoms with Gasteiger partial charge in [-0.25, -0.2) is 5.43 Å². The summed E-state index contributed by atoms with van der Waals surface area (Å²) in [6, 6.07) is 21.8. The molecule has 1 aliphatic heterocycles. The first-order valence-electron chi connectivity index (χ1n) is 9.75. The van der Waals surface area contributed by atoms with Gasteiger partial charge in [0.15, 0.2) is 11.5 Å². The molecular weight excluding hydrogens is 376 g/mol. The van der Waals surface area contributed by atoms with Crippen LogP contribution in [0.3, 0.4) is 0 Å². The SMILES string of the molecule is CC(/C=C/C=C\c1ccccc1)=N/NC(=O)C1COc2cc3ccccc3cc2O1. The van der Waals surface area contributed by atoms with Gasteiger partial charge in [-0.15, -0.1) is 0 Å². The Morgan fingerprint density at radius 3 is 2.47 bits per heavy atom. The zero-order valence-corrected chi connectivity index (χ0v) is 16.6. The maximum Gasteiger partial charge on any atom is 0.284 e. The number of benzene rings is 3. The molecule has 0 aromatic heterocycles. The van der Waals surface area contributed by atoms with Gasteiger partial charge in [0.25, 0.3) is 5.91 Å². The molecule has 5 nitrogen and oxygen atoms in total. The molecule has 1 N–H and O–H groups in total. The van der Waals surface area contributed by atoms with E-state index in [0.29, 0.717) is 17.2 Å². The lowest BCUT2D eigenvalue weighted by atomic mass is 10.1. The van der Waals surface area contributed by atoms with Crippen LogP contribution in [0.25, 0.3) is 16.8 Å². The third-order valence-corrected chi connectivity index (χ3v) is 4.64. The molecule has 0 aliphatic carbocycles. The summed E-state index contributed by atoms with van der Waals surface area (Å²) in [6.45, 7) is 1.95. The van der Waals surface area contributed by atoms with Gasteiger partial charge < -0.3 is 9.47 Å². The second-order valence-corrected chi connectivity index (χ2v) is 6.92. The molecule has 0 saturated heterocycles. The largest absolute Gasteiger partial charge is 0.485 e. The number of ether oxygens (including phenoxy) is 2. The average molecular weight is 398 g/mol. The fraction of sp³-hybridized carbons (Fsp3) is 0.120. The zero-order chi connectivity index (χ0) is 20.8. The molecule has 0 fully saturated rings. The Morgan fingerprint density at radius 2 is 1.70 bits per heavy atom. The highest BCUT2D eigenvalue weighted by atomic mass is 16.6. The van der Waals surface area contributed by atoms with E-state index in [1.54, 1.807) is 0 Å². The number of carbonyl (C=O) groups is 1. The number of allylic oxidation sites excluding steroid dienone is 3. The Balaban J connectivity index is 1.34. The first-order valence-corrected chi connectivity index (χ1v) is 9.75. The van der Waals surface area contributed by atoms with Crippen molar-refractivity contribution in [2.24, 2.45) is 5.10 Å². The van der Waals surface area contributed by atoms with E-state index in [-0.39, 0.29) is 12.5 Å². The molecular formula is C25H22N2O3. The highest BCUT2D eigenvalue weighted by Crippen LogP contribution is 2.35. The van der Waals surface area contributed by atoms with Crippen LogP contribution in [-0.2, 0) is 4.79 Å². The highest BCUT2D eigenvalue weighted by molar-refractivity contribution is 5.94. The minimum Gasteiger partial charge on any atom is -0.485 e. The molecule has 4 rings (SSSR count). The van der Waals surface area contributed by atoms with E-state index in [4.69, 9.17) is 9.47 Å². The van der Waals surface area contributed by atoms with Crippen molar-refractivity contribution in [3.8, 4) is 11.5 Å². The number of hydrazone groups is 1. The third kappa shape index (κ3) is 4.75. The van der Waals surface area contributed by atoms with Crippen molar-refractivity contribution in [2.75, 3.05) is 6.61 Å². The fourth-order valence-corrected chi connectivity index (χ4v) is 3.06. The molecule has 1 amide bonds. The van der Waals surface area contributed by atoms with E-state index in [1.807, 2.05) is 98.0 Å². The predicted molar refractivity (Wildman–Crippen MR) is 120 cm³/mol. The van der Waals surface area contributed by atoms with E-state index in [1.165, 1.54) is 0 Å². The molecule has 150 valence electrons. The van der Waals surface area contributed by atoms with Crippen molar-refractivity contribution in [2.45, 2.75) is 13.0 Å². The Labute approximate surface area is 175 Å². The van der Waals surface area contributed by atoms with Crippen LogP contribution in [0.5, 0.6) is 11.5 Å². The number of nitrogens with one attached hydrogen (secondary N) is 1. The Morgan fingerprint density at radius 1 is 1.00 bits per heavy atom. The summed E-state index contributed by atoms with van der Waals surface area (Å²) in [5.74, 6) is 0.860. The van der Waals surface area contributed by atoms with Gasteiger partial charge in [0, 0.05) is 0 Å². The minimum atomic E-state index is -0.753. The number of hydrogen-bond donors (Lipinski definition) is 1. The van der Waals surface area contributed by atoms with Crippen molar-refractivity contribution in [1.29, 1.82) is 0 Å². The standard InChI is InChI=1S/C25H22N2O3/c1-18(9-5-6-12-19-10-3-2-4-11-19)26-27-25(28)24-17-29-22-15-20-13-7-8-14-21(20)16-23(22)30-24/h2-16,24H,17H2,1H3,(H,27,28)/b9-5+,12-6-,26-18-. The first-order chi connectivity index (χ1) is 14.7. The number of fused-ring (bicyclic) bond motifs is 2. The van der Waals surface area contributed by atoms with Gasteiger partial charge in [-0.3, -0.25) is 4.79 Å². The molecule has 30 heavy (non-hydrogen) atoms. The number of amides is 1. The average Bonchev–Trinajstić information content (AvgIpc) is 2.79. The summed E-state index contributed by atoms with van der Waals surface area (Å²) in [5, 5.41) is 6.21. The molecule has 0 bridgehead atoms. The van der Waals surface area contributed by atoms with Crippen molar-refractivity contribution < 1.29 is 14.3 Å². The summed E-state index contributed by atoms with van der Waals surface area (Å²) in [4.78, 5) is 12.4. The van der Waals surface area contributed by atoms with Gasteiger partial charge in [-0.2, -0.15) is 5.10 Å². The summed E-state index contributed by atoms with van der Waals surface area (Å²) in [6.07, 6.45) is 6.86. The fourth-order valence-electron chi connectivity index (χ4n) is 3.06. The Bertz CT molecular complexity index is 1130. The summed E-state index contributed by atoms with van der Waals surface area (Å²) >= 11 is 0. The number of nitrogens with zero attached hydrogens (tertiary/aromatic N) is 1. The molecule has 1 unspecified atom stereocenters. The van der Waals surface area contributed by atoms with Crippen LogP contribution in [-0.4, -0.2) is 24.3 Å². The van der Waals surface area contributed by atoms with Gasteiger partial charge in [0.05, 0.1) is 5.71 Å². The quantitative estimate of drug-likeness (QED) is 0.384. The number of carbonyl (C=O) groups excluding carboxylic acids is 1. The third-order valence-electron chi connectivity index (χ3n) is 4.64. The van der Waals surface area contributed by atoms with E-state index < -0.39 is 6.10 Å². The molecule has 0 radical (unpaired) electrons. The van der Waals surface area contributed by atoms with E-state index >= 15 is 0 Å². The maximum absolute atomic E-state index is 12.4. The van der Waals surface area contributed by atoms with E-state index in [9.17, 15) is 4.79 Å². The van der Waals surface area contributed by atoms with E-state index in [2.05, 4.69) is 10.5 Å². The smallest absolute Gasteiger partial charge is 0.284 e. The van der Waals surface area contributed by atoms with Crippen LogP contribution in [0.15, 0.2) is 90.1 Å². The molecule has 3 aromatic carbocycles. The molecule has 1 atom stereocenters. The molecule has 1 aliphatic rings. The molecule has 3 aromatic rings. The first kappa shape index (κ1) is 19.5. The molecule has 1 heterocycles. The molecule has 0 spiro atoms. The lowest BCUT2D eigenvalue weighted by Gasteiger charge is -2.25. The van der Waals surface area contributed by atoms with Crippen molar-refractivity contribution in [3.05, 3.63) is 90.5 Å². The Hall–Kier alpha value is -3.86. The van der Waals surface area contributed by atoms with Gasteiger partial charge in [-0.05, 0) is 41.5 Å². The van der Waals surface area contributed by atoms with Gasteiger partial charge in [0.2, 0.25) is 6.10 Å². The Kier molecular flexibility index (Phi) is 5.90. The van der Waals surface area contributed by atoms with Crippen LogP contribution in [0, 0.1) is 0 Å². The summed E-state index contributed by atoms with van der Waals surface area (Å²) in [7, 11) is 0. The summed E-state index contributed by atoms with van der Waals surface area (Å²) in [5.41, 5.74) is 4.34. The van der Waals surface area contributed by atoms with Crippen LogP contribution in [0.1, 0.15) is 12.5 Å². The van der Waals surface area contributed by atoms with Gasteiger partial charge in [0.1, 0.15) is 6.61 Å². The van der Waals surface area contributed by atoms with Crippen molar-refractivity contribution in [1.82, 2.24) is 5.43 Å². The molecule has 0 saturated carbocycles. The predicted octanol–water partition coefficient (Wildman–Crippen LogP) is 4.74. The minimum absolute atomic E-state index is 0.140. The van der Waals surface area contributed by atoms with Crippen molar-refractivity contribution >= 4 is 28.5 Å². The lowest BCUT2D eigenvalue weighted by Crippen LogP contribution is -2.42. The zero-order valence-electron chi connectivity index (χ0n) is 16.6. The number of hydrogen-bond acceptors (Lipinski definition) is 4. The second-order valence-electron chi connectivity index (χ2n) is 6.92. The van der Waals surface area contributed by atoms with Crippen LogP contribution in [0.2, 0.25) is 0 Å². The van der Waals surface area contributed by atoms with Crippen molar-refractivity contribution in [3.63, 3.8) is 0 Å². The number of rotatable bonds is 5. The van der Waals surface area contributed by atoms with Crippen LogP contribution >= 0.6 is 0 Å². The van der Waals surface area contributed by atoms with E-state index in [0.717, 1.165) is 16.3 Å². The second kappa shape index (κ2) is 9.09.